The number of ether oxygens (including phenoxy) is 1. The molecule has 6 heteroatoms. The molecule has 1 aliphatic rings. The van der Waals surface area contributed by atoms with Crippen molar-refractivity contribution in [1.82, 2.24) is 15.3 Å². The molecule has 0 saturated heterocycles. The fourth-order valence-electron chi connectivity index (χ4n) is 2.73. The molecular formula is C18H20ClN3O2. The van der Waals surface area contributed by atoms with Crippen LogP contribution in [0, 0.1) is 12.8 Å². The topological polar surface area (TPSA) is 64.1 Å². The normalized spacial score (nSPS) is 15.0. The zero-order valence-corrected chi connectivity index (χ0v) is 14.5. The summed E-state index contributed by atoms with van der Waals surface area (Å²) >= 11 is 6.22. The zero-order chi connectivity index (χ0) is 17.1. The summed E-state index contributed by atoms with van der Waals surface area (Å²) in [5, 5.41) is 3.60. The first-order valence-electron chi connectivity index (χ1n) is 7.98. The quantitative estimate of drug-likeness (QED) is 0.872. The number of aromatic nitrogens is 2. The second kappa shape index (κ2) is 7.18. The summed E-state index contributed by atoms with van der Waals surface area (Å²) in [5.74, 6) is 1.59. The molecular weight excluding hydrogens is 326 g/mol. The fraction of sp³-hybridized carbons (Fsp3) is 0.389. The summed E-state index contributed by atoms with van der Waals surface area (Å²) in [6.45, 7) is 1.92. The molecule has 2 aromatic rings. The van der Waals surface area contributed by atoms with E-state index in [1.165, 1.54) is 0 Å². The van der Waals surface area contributed by atoms with Gasteiger partial charge in [0.25, 0.3) is 0 Å². The van der Waals surface area contributed by atoms with E-state index in [1.54, 1.807) is 31.5 Å². The van der Waals surface area contributed by atoms with Gasteiger partial charge < -0.3 is 10.1 Å². The Morgan fingerprint density at radius 3 is 2.88 bits per heavy atom. The number of methoxy groups -OCH3 is 1. The van der Waals surface area contributed by atoms with Crippen LogP contribution in [0.5, 0.6) is 5.75 Å². The molecule has 1 unspecified atom stereocenters. The molecule has 1 fully saturated rings. The van der Waals surface area contributed by atoms with Gasteiger partial charge in [-0.05, 0) is 43.9 Å². The minimum atomic E-state index is -0.147. The van der Waals surface area contributed by atoms with Gasteiger partial charge in [-0.1, -0.05) is 17.7 Å². The summed E-state index contributed by atoms with van der Waals surface area (Å²) in [7, 11) is 1.57. The van der Waals surface area contributed by atoms with E-state index in [-0.39, 0.29) is 18.4 Å². The number of nitrogens with zero attached hydrogens (tertiary/aromatic N) is 2. The Hall–Kier alpha value is -2.14. The molecule has 1 amide bonds. The number of carbonyl (C=O) groups excluding carboxylic acids is 1. The first-order chi connectivity index (χ1) is 11.6. The Morgan fingerprint density at radius 1 is 1.42 bits per heavy atom. The van der Waals surface area contributed by atoms with Crippen LogP contribution in [0.1, 0.15) is 36.0 Å². The largest absolute Gasteiger partial charge is 0.496 e. The average molecular weight is 346 g/mol. The highest BCUT2D eigenvalue weighted by Crippen LogP contribution is 2.40. The fourth-order valence-corrected chi connectivity index (χ4v) is 2.96. The molecule has 3 rings (SSSR count). The summed E-state index contributed by atoms with van der Waals surface area (Å²) < 4.78 is 5.30. The van der Waals surface area contributed by atoms with Crippen LogP contribution < -0.4 is 10.1 Å². The van der Waals surface area contributed by atoms with E-state index in [0.29, 0.717) is 28.1 Å². The molecule has 1 atom stereocenters. The lowest BCUT2D eigenvalue weighted by Crippen LogP contribution is -2.32. The van der Waals surface area contributed by atoms with Gasteiger partial charge in [-0.25, -0.2) is 9.97 Å². The lowest BCUT2D eigenvalue weighted by atomic mass is 10.1. The Kier molecular flexibility index (Phi) is 5.00. The first kappa shape index (κ1) is 16.7. The molecule has 24 heavy (non-hydrogen) atoms. The minimum absolute atomic E-state index is 0.108. The Morgan fingerprint density at radius 2 is 2.21 bits per heavy atom. The van der Waals surface area contributed by atoms with Crippen molar-refractivity contribution in [2.45, 2.75) is 32.2 Å². The number of rotatable bonds is 6. The van der Waals surface area contributed by atoms with Gasteiger partial charge in [0.1, 0.15) is 5.75 Å². The average Bonchev–Trinajstić information content (AvgIpc) is 3.39. The number of hydrogen-bond acceptors (Lipinski definition) is 4. The van der Waals surface area contributed by atoms with Crippen LogP contribution in [0.3, 0.4) is 0 Å². The molecule has 0 radical (unpaired) electrons. The maximum Gasteiger partial charge on any atom is 0.225 e. The highest BCUT2D eigenvalue weighted by atomic mass is 35.5. The number of amides is 1. The van der Waals surface area contributed by atoms with Crippen molar-refractivity contribution in [1.29, 1.82) is 0 Å². The van der Waals surface area contributed by atoms with Crippen molar-refractivity contribution in [2.24, 2.45) is 5.92 Å². The van der Waals surface area contributed by atoms with Crippen molar-refractivity contribution < 1.29 is 9.53 Å². The Bertz CT molecular complexity index is 747. The maximum absolute atomic E-state index is 12.6. The summed E-state index contributed by atoms with van der Waals surface area (Å²) in [6, 6.07) is 7.07. The predicted molar refractivity (Wildman–Crippen MR) is 92.1 cm³/mol. The van der Waals surface area contributed by atoms with Gasteiger partial charge in [0.05, 0.1) is 19.6 Å². The number of halogens is 1. The molecule has 1 aromatic heterocycles. The van der Waals surface area contributed by atoms with Crippen LogP contribution in [0.4, 0.5) is 0 Å². The maximum atomic E-state index is 12.6. The highest BCUT2D eigenvalue weighted by Gasteiger charge is 2.35. The van der Waals surface area contributed by atoms with Crippen LogP contribution in [0.15, 0.2) is 30.5 Å². The monoisotopic (exact) mass is 345 g/mol. The number of carbonyl (C=O) groups is 1. The molecule has 0 spiro atoms. The molecule has 1 saturated carbocycles. The van der Waals surface area contributed by atoms with E-state index >= 15 is 0 Å². The lowest BCUT2D eigenvalue weighted by molar-refractivity contribution is -0.121. The molecule has 5 nitrogen and oxygen atoms in total. The number of benzene rings is 1. The van der Waals surface area contributed by atoms with Gasteiger partial charge in [-0.2, -0.15) is 0 Å². The second-order valence-corrected chi connectivity index (χ2v) is 6.44. The van der Waals surface area contributed by atoms with Gasteiger partial charge in [0.2, 0.25) is 5.91 Å². The van der Waals surface area contributed by atoms with Crippen molar-refractivity contribution in [3.63, 3.8) is 0 Å². The Balaban J connectivity index is 1.76. The van der Waals surface area contributed by atoms with Crippen molar-refractivity contribution in [2.75, 3.05) is 7.11 Å². The van der Waals surface area contributed by atoms with Crippen LogP contribution in [-0.2, 0) is 11.2 Å². The van der Waals surface area contributed by atoms with E-state index in [2.05, 4.69) is 15.3 Å². The standard InChI is InChI=1S/C18H20ClN3O2/c1-11-8-9-20-18(21-11)17(12-6-7-12)22-16(23)10-13-14(19)4-3-5-15(13)24-2/h3-5,8-9,12,17H,6-7,10H2,1-2H3,(H,22,23). The van der Waals surface area contributed by atoms with E-state index in [0.717, 1.165) is 18.5 Å². The highest BCUT2D eigenvalue weighted by molar-refractivity contribution is 6.31. The van der Waals surface area contributed by atoms with Crippen molar-refractivity contribution in [3.05, 3.63) is 52.6 Å². The molecule has 0 aliphatic heterocycles. The van der Waals surface area contributed by atoms with Crippen LogP contribution in [-0.4, -0.2) is 23.0 Å². The van der Waals surface area contributed by atoms with E-state index in [1.807, 2.05) is 13.0 Å². The van der Waals surface area contributed by atoms with Crippen LogP contribution >= 0.6 is 11.6 Å². The van der Waals surface area contributed by atoms with Gasteiger partial charge in [0.15, 0.2) is 5.82 Å². The molecule has 126 valence electrons. The van der Waals surface area contributed by atoms with Crippen LogP contribution in [0.25, 0.3) is 0 Å². The van der Waals surface area contributed by atoms with E-state index < -0.39 is 0 Å². The first-order valence-corrected chi connectivity index (χ1v) is 8.36. The summed E-state index contributed by atoms with van der Waals surface area (Å²) in [4.78, 5) is 21.4. The molecule has 0 bridgehead atoms. The van der Waals surface area contributed by atoms with Crippen LogP contribution in [0.2, 0.25) is 5.02 Å². The van der Waals surface area contributed by atoms with E-state index in [9.17, 15) is 4.79 Å². The lowest BCUT2D eigenvalue weighted by Gasteiger charge is -2.18. The van der Waals surface area contributed by atoms with Gasteiger partial charge in [-0.15, -0.1) is 0 Å². The Labute approximate surface area is 146 Å². The second-order valence-electron chi connectivity index (χ2n) is 6.04. The number of aryl methyl sites for hydroxylation is 1. The molecule has 1 aromatic carbocycles. The van der Waals surface area contributed by atoms with Gasteiger partial charge in [0, 0.05) is 22.5 Å². The number of nitrogens with one attached hydrogen (secondary N) is 1. The van der Waals surface area contributed by atoms with Crippen molar-refractivity contribution >= 4 is 17.5 Å². The van der Waals surface area contributed by atoms with Gasteiger partial charge >= 0.3 is 0 Å². The summed E-state index contributed by atoms with van der Waals surface area (Å²) in [6.07, 6.45) is 4.06. The SMILES string of the molecule is COc1cccc(Cl)c1CC(=O)NC(c1nccc(C)n1)C1CC1. The van der Waals surface area contributed by atoms with Crippen molar-refractivity contribution in [3.8, 4) is 5.75 Å². The van der Waals surface area contributed by atoms with E-state index in [4.69, 9.17) is 16.3 Å². The third kappa shape index (κ3) is 3.85. The molecule has 1 aliphatic carbocycles. The third-order valence-corrected chi connectivity index (χ3v) is 4.49. The molecule has 1 heterocycles. The smallest absolute Gasteiger partial charge is 0.225 e. The predicted octanol–water partition coefficient (Wildman–Crippen LogP) is 3.26. The summed E-state index contributed by atoms with van der Waals surface area (Å²) in [5.41, 5.74) is 1.59. The minimum Gasteiger partial charge on any atom is -0.496 e. The zero-order valence-electron chi connectivity index (χ0n) is 13.8. The number of hydrogen-bond donors (Lipinski definition) is 1. The molecule has 1 N–H and O–H groups in total. The third-order valence-electron chi connectivity index (χ3n) is 4.13. The van der Waals surface area contributed by atoms with Gasteiger partial charge in [-0.3, -0.25) is 4.79 Å².